The predicted octanol–water partition coefficient (Wildman–Crippen LogP) is 4.28. The second kappa shape index (κ2) is 8.87. The molecule has 1 aliphatic carbocycles. The van der Waals surface area contributed by atoms with Crippen molar-refractivity contribution < 1.29 is 24.2 Å². The fourth-order valence-corrected chi connectivity index (χ4v) is 4.00. The number of hydrogen-bond donors (Lipinski definition) is 1. The number of carbonyl (C=O) groups is 2. The molecule has 150 valence electrons. The molecule has 3 atom stereocenters. The summed E-state index contributed by atoms with van der Waals surface area (Å²) in [5, 5.41) is 9.34. The van der Waals surface area contributed by atoms with E-state index in [2.05, 4.69) is 6.26 Å². The van der Waals surface area contributed by atoms with E-state index >= 15 is 0 Å². The Labute approximate surface area is 165 Å². The molecule has 27 heavy (non-hydrogen) atoms. The molecule has 1 aliphatic rings. The lowest BCUT2D eigenvalue weighted by atomic mass is 9.91. The van der Waals surface area contributed by atoms with Gasteiger partial charge in [-0.1, -0.05) is 0 Å². The highest BCUT2D eigenvalue weighted by Crippen LogP contribution is 2.33. The van der Waals surface area contributed by atoms with Crippen molar-refractivity contribution in [1.29, 1.82) is 0 Å². The third kappa shape index (κ3) is 6.06. The highest BCUT2D eigenvalue weighted by molar-refractivity contribution is 7.99. The lowest BCUT2D eigenvalue weighted by molar-refractivity contribution is 0.0124. The van der Waals surface area contributed by atoms with Crippen molar-refractivity contribution in [1.82, 2.24) is 4.90 Å². The van der Waals surface area contributed by atoms with Gasteiger partial charge in [0.25, 0.3) is 0 Å². The Morgan fingerprint density at radius 2 is 1.81 bits per heavy atom. The van der Waals surface area contributed by atoms with Crippen LogP contribution in [0.5, 0.6) is 5.75 Å². The van der Waals surface area contributed by atoms with Crippen molar-refractivity contribution >= 4 is 23.8 Å². The predicted molar refractivity (Wildman–Crippen MR) is 107 cm³/mol. The molecule has 0 aliphatic heterocycles. The second-order valence-electron chi connectivity index (χ2n) is 7.82. The van der Waals surface area contributed by atoms with Crippen LogP contribution in [0.2, 0.25) is 0 Å². The van der Waals surface area contributed by atoms with Crippen LogP contribution in [0.3, 0.4) is 0 Å². The van der Waals surface area contributed by atoms with Crippen molar-refractivity contribution in [3.63, 3.8) is 0 Å². The van der Waals surface area contributed by atoms with Crippen molar-refractivity contribution in [2.45, 2.75) is 63.0 Å². The molecule has 2 rings (SSSR count). The summed E-state index contributed by atoms with van der Waals surface area (Å²) in [5.41, 5.74) is -0.293. The van der Waals surface area contributed by atoms with Gasteiger partial charge in [0.2, 0.25) is 0 Å². The van der Waals surface area contributed by atoms with Gasteiger partial charge in [-0.25, -0.2) is 9.59 Å². The van der Waals surface area contributed by atoms with Gasteiger partial charge in [-0.3, -0.25) is 0 Å². The number of carboxylic acid groups (broad SMARTS) is 1. The van der Waals surface area contributed by atoms with Crippen molar-refractivity contribution in [2.75, 3.05) is 13.3 Å². The number of thioether (sulfide) groups is 1. The maximum absolute atomic E-state index is 12.4. The first-order valence-electron chi connectivity index (χ1n) is 9.09. The van der Waals surface area contributed by atoms with E-state index in [-0.39, 0.29) is 23.8 Å². The van der Waals surface area contributed by atoms with Gasteiger partial charge in [-0.05, 0) is 64.1 Å². The average molecular weight is 396 g/mol. The van der Waals surface area contributed by atoms with Gasteiger partial charge >= 0.3 is 12.1 Å². The number of ether oxygens (including phenoxy) is 2. The third-order valence-corrected chi connectivity index (χ3v) is 5.77. The third-order valence-electron chi connectivity index (χ3n) is 4.62. The lowest BCUT2D eigenvalue weighted by Gasteiger charge is -2.39. The van der Waals surface area contributed by atoms with Crippen molar-refractivity contribution in [3.05, 3.63) is 29.8 Å². The van der Waals surface area contributed by atoms with Gasteiger partial charge in [0.15, 0.2) is 0 Å². The Bertz CT molecular complexity index is 655. The largest absolute Gasteiger partial charge is 0.489 e. The summed E-state index contributed by atoms with van der Waals surface area (Å²) in [6.07, 6.45) is 4.24. The number of amides is 1. The molecule has 0 radical (unpaired) electrons. The van der Waals surface area contributed by atoms with E-state index in [4.69, 9.17) is 14.6 Å². The van der Waals surface area contributed by atoms with Crippen LogP contribution in [0, 0.1) is 0 Å². The number of aromatic carboxylic acids is 1. The minimum absolute atomic E-state index is 0.0477. The summed E-state index contributed by atoms with van der Waals surface area (Å²) in [6, 6.07) is 6.49. The number of nitrogens with zero attached hydrogens (tertiary/aromatic N) is 1. The van der Waals surface area contributed by atoms with E-state index in [0.717, 1.165) is 12.8 Å². The smallest absolute Gasteiger partial charge is 0.410 e. The highest BCUT2D eigenvalue weighted by Gasteiger charge is 2.36. The van der Waals surface area contributed by atoms with Gasteiger partial charge in [-0.2, -0.15) is 11.8 Å². The van der Waals surface area contributed by atoms with E-state index < -0.39 is 11.6 Å². The zero-order valence-electron chi connectivity index (χ0n) is 16.6. The molecule has 1 aromatic rings. The Kier molecular flexibility index (Phi) is 7.03. The maximum Gasteiger partial charge on any atom is 0.410 e. The first kappa shape index (κ1) is 21.4. The Morgan fingerprint density at radius 3 is 2.33 bits per heavy atom. The molecule has 0 aromatic heterocycles. The molecular weight excluding hydrogens is 366 g/mol. The highest BCUT2D eigenvalue weighted by atomic mass is 32.2. The molecule has 3 unspecified atom stereocenters. The SMILES string of the molecule is CSC1CCC(N(C)C(=O)OC(C)(C)C)CC1Oc1ccc(C(=O)O)cc1. The van der Waals surface area contributed by atoms with E-state index in [1.54, 1.807) is 48.0 Å². The van der Waals surface area contributed by atoms with Crippen molar-refractivity contribution in [3.8, 4) is 5.75 Å². The van der Waals surface area contributed by atoms with Crippen LogP contribution in [-0.2, 0) is 4.74 Å². The van der Waals surface area contributed by atoms with E-state index in [9.17, 15) is 9.59 Å². The molecule has 1 saturated carbocycles. The molecule has 1 N–H and O–H groups in total. The molecule has 0 heterocycles. The van der Waals surface area contributed by atoms with Gasteiger partial charge in [-0.15, -0.1) is 0 Å². The van der Waals surface area contributed by atoms with Crippen LogP contribution >= 0.6 is 11.8 Å². The normalized spacial score (nSPS) is 22.8. The van der Waals surface area contributed by atoms with Gasteiger partial charge in [0.05, 0.1) is 5.56 Å². The van der Waals surface area contributed by atoms with Gasteiger partial charge in [0, 0.05) is 24.8 Å². The second-order valence-corrected chi connectivity index (χ2v) is 8.90. The molecule has 1 fully saturated rings. The summed E-state index contributed by atoms with van der Waals surface area (Å²) >= 11 is 1.76. The minimum atomic E-state index is -0.958. The molecule has 0 bridgehead atoms. The van der Waals surface area contributed by atoms with E-state index in [1.165, 1.54) is 0 Å². The molecule has 7 heteroatoms. The van der Waals surface area contributed by atoms with E-state index in [1.807, 2.05) is 20.8 Å². The fraction of sp³-hybridized carbons (Fsp3) is 0.600. The van der Waals surface area contributed by atoms with E-state index in [0.29, 0.717) is 17.4 Å². The Morgan fingerprint density at radius 1 is 1.19 bits per heavy atom. The molecule has 0 spiro atoms. The molecular formula is C20H29NO5S. The molecule has 1 amide bonds. The number of benzene rings is 1. The average Bonchev–Trinajstić information content (AvgIpc) is 2.60. The minimum Gasteiger partial charge on any atom is -0.489 e. The number of carboxylic acids is 1. The lowest BCUT2D eigenvalue weighted by Crippen LogP contribution is -2.48. The molecule has 6 nitrogen and oxygen atoms in total. The van der Waals surface area contributed by atoms with Crippen LogP contribution in [0.15, 0.2) is 24.3 Å². The number of hydrogen-bond acceptors (Lipinski definition) is 5. The van der Waals surface area contributed by atoms with Crippen LogP contribution in [0.4, 0.5) is 4.79 Å². The van der Waals surface area contributed by atoms with Gasteiger partial charge in [0.1, 0.15) is 17.5 Å². The summed E-state index contributed by atoms with van der Waals surface area (Å²) in [4.78, 5) is 25.0. The fourth-order valence-electron chi connectivity index (χ4n) is 3.16. The first-order valence-corrected chi connectivity index (χ1v) is 10.4. The molecule has 1 aromatic carbocycles. The first-order chi connectivity index (χ1) is 12.6. The summed E-state index contributed by atoms with van der Waals surface area (Å²) in [6.45, 7) is 5.57. The zero-order chi connectivity index (χ0) is 20.2. The Balaban J connectivity index is 2.05. The standard InChI is InChI=1S/C20H29NO5S/c1-20(2,3)26-19(24)21(4)14-8-11-17(27-5)16(12-14)25-15-9-6-13(7-10-15)18(22)23/h6-7,9-10,14,16-17H,8,11-12H2,1-5H3,(H,22,23). The summed E-state index contributed by atoms with van der Waals surface area (Å²) < 4.78 is 11.6. The van der Waals surface area contributed by atoms with Gasteiger partial charge < -0.3 is 19.5 Å². The number of carbonyl (C=O) groups excluding carboxylic acids is 1. The topological polar surface area (TPSA) is 76.1 Å². The van der Waals surface area contributed by atoms with Crippen LogP contribution in [0.1, 0.15) is 50.4 Å². The van der Waals surface area contributed by atoms with Crippen molar-refractivity contribution in [2.24, 2.45) is 0 Å². The van der Waals surface area contributed by atoms with Crippen LogP contribution in [-0.4, -0.2) is 58.4 Å². The van der Waals surface area contributed by atoms with Crippen LogP contribution in [0.25, 0.3) is 0 Å². The quantitative estimate of drug-likeness (QED) is 0.802. The zero-order valence-corrected chi connectivity index (χ0v) is 17.4. The summed E-state index contributed by atoms with van der Waals surface area (Å²) in [7, 11) is 1.77. The summed E-state index contributed by atoms with van der Waals surface area (Å²) in [5.74, 6) is -0.315. The Hall–Kier alpha value is -1.89. The molecule has 0 saturated heterocycles. The monoisotopic (exact) mass is 395 g/mol. The number of rotatable bonds is 5. The maximum atomic E-state index is 12.4. The van der Waals surface area contributed by atoms with Crippen LogP contribution < -0.4 is 4.74 Å².